The highest BCUT2D eigenvalue weighted by atomic mass is 16.4. The molecule has 0 aromatic carbocycles. The van der Waals surface area contributed by atoms with Crippen molar-refractivity contribution in [1.29, 1.82) is 10.5 Å². The van der Waals surface area contributed by atoms with Crippen LogP contribution in [0.5, 0.6) is 0 Å². The standard InChI is InChI=1S/C8H12N4.2C4H6O2/c1-7(2,5-9)11-12-8(3,4)6-10;2*1-3(2)4(5)6/h1-4H3;2*1H2,2H3,(H,5,6)/b12-11+;;. The van der Waals surface area contributed by atoms with Crippen LogP contribution in [0.2, 0.25) is 0 Å². The van der Waals surface area contributed by atoms with E-state index in [1.165, 1.54) is 13.8 Å². The number of carbonyl (C=O) groups is 2. The van der Waals surface area contributed by atoms with Gasteiger partial charge in [0.15, 0.2) is 11.1 Å². The Morgan fingerprint density at radius 3 is 1.08 bits per heavy atom. The van der Waals surface area contributed by atoms with Gasteiger partial charge in [-0.2, -0.15) is 20.8 Å². The van der Waals surface area contributed by atoms with Gasteiger partial charge in [0.2, 0.25) is 0 Å². The average molecular weight is 336 g/mol. The second-order valence-electron chi connectivity index (χ2n) is 5.71. The predicted octanol–water partition coefficient (Wildman–Crippen LogP) is 3.34. The fourth-order valence-electron chi connectivity index (χ4n) is 0.295. The molecule has 2 N–H and O–H groups in total. The van der Waals surface area contributed by atoms with Crippen molar-refractivity contribution in [3.8, 4) is 12.1 Å². The third-order valence-electron chi connectivity index (χ3n) is 1.83. The van der Waals surface area contributed by atoms with E-state index in [0.717, 1.165) is 0 Å². The largest absolute Gasteiger partial charge is 0.478 e. The molecule has 132 valence electrons. The summed E-state index contributed by atoms with van der Waals surface area (Å²) in [5, 5.41) is 40.5. The minimum atomic E-state index is -0.935. The first-order valence-corrected chi connectivity index (χ1v) is 6.66. The highest BCUT2D eigenvalue weighted by Gasteiger charge is 2.19. The van der Waals surface area contributed by atoms with Gasteiger partial charge in [-0.1, -0.05) is 13.2 Å². The van der Waals surface area contributed by atoms with Gasteiger partial charge in [-0.3, -0.25) is 0 Å². The maximum Gasteiger partial charge on any atom is 0.330 e. The molecule has 0 fully saturated rings. The lowest BCUT2D eigenvalue weighted by Crippen LogP contribution is -2.17. The number of azo groups is 1. The Morgan fingerprint density at radius 2 is 1.00 bits per heavy atom. The summed E-state index contributed by atoms with van der Waals surface area (Å²) in [7, 11) is 0. The minimum Gasteiger partial charge on any atom is -0.478 e. The smallest absolute Gasteiger partial charge is 0.330 e. The van der Waals surface area contributed by atoms with Gasteiger partial charge < -0.3 is 10.2 Å². The van der Waals surface area contributed by atoms with Crippen LogP contribution in [0.15, 0.2) is 34.5 Å². The van der Waals surface area contributed by atoms with Gasteiger partial charge in [0.25, 0.3) is 0 Å². The molecule has 0 heterocycles. The molecular weight excluding hydrogens is 312 g/mol. The third-order valence-corrected chi connectivity index (χ3v) is 1.83. The van der Waals surface area contributed by atoms with E-state index in [2.05, 4.69) is 23.4 Å². The topological polar surface area (TPSA) is 147 Å². The molecule has 0 unspecified atom stereocenters. The fourth-order valence-corrected chi connectivity index (χ4v) is 0.295. The summed E-state index contributed by atoms with van der Waals surface area (Å²) in [5.41, 5.74) is -1.33. The van der Waals surface area contributed by atoms with Crippen LogP contribution in [-0.4, -0.2) is 33.2 Å². The molecule has 0 aliphatic rings. The molecule has 0 aliphatic carbocycles. The Balaban J connectivity index is -0.000000309. The normalized spacial score (nSPS) is 10.0. The molecule has 0 spiro atoms. The molecule has 0 saturated carbocycles. The SMILES string of the molecule is C=C(C)C(=O)O.C=C(C)C(=O)O.CC(C)(C#N)/N=N/C(C)(C)C#N. The summed E-state index contributed by atoms with van der Waals surface area (Å²) in [5.74, 6) is -1.87. The third kappa shape index (κ3) is 19.0. The first kappa shape index (κ1) is 25.9. The van der Waals surface area contributed by atoms with Crippen molar-refractivity contribution in [2.45, 2.75) is 52.6 Å². The average Bonchev–Trinajstić information content (AvgIpc) is 2.46. The van der Waals surface area contributed by atoms with Gasteiger partial charge in [-0.25, -0.2) is 9.59 Å². The lowest BCUT2D eigenvalue weighted by atomic mass is 10.1. The molecule has 0 aromatic heterocycles. The Kier molecular flexibility index (Phi) is 12.5. The van der Waals surface area contributed by atoms with Crippen LogP contribution in [0.4, 0.5) is 0 Å². The number of aliphatic carboxylic acids is 2. The molecule has 0 aromatic rings. The first-order valence-electron chi connectivity index (χ1n) is 6.66. The van der Waals surface area contributed by atoms with Crippen molar-refractivity contribution in [2.24, 2.45) is 10.2 Å². The molecule has 0 rings (SSSR count). The number of carboxylic acids is 2. The van der Waals surface area contributed by atoms with Crippen molar-refractivity contribution in [1.82, 2.24) is 0 Å². The van der Waals surface area contributed by atoms with Gasteiger partial charge in [-0.05, 0) is 41.5 Å². The molecule has 24 heavy (non-hydrogen) atoms. The number of hydrogen-bond donors (Lipinski definition) is 2. The molecule has 8 nitrogen and oxygen atoms in total. The van der Waals surface area contributed by atoms with Crippen molar-refractivity contribution in [3.05, 3.63) is 24.3 Å². The molecular formula is C16H24N4O4. The highest BCUT2D eigenvalue weighted by molar-refractivity contribution is 5.85. The molecule has 0 saturated heterocycles. The molecule has 0 atom stereocenters. The Labute approximate surface area is 142 Å². The van der Waals surface area contributed by atoms with Crippen LogP contribution in [-0.2, 0) is 9.59 Å². The number of hydrogen-bond acceptors (Lipinski definition) is 6. The predicted molar refractivity (Wildman–Crippen MR) is 89.1 cm³/mol. The summed E-state index contributed by atoms with van der Waals surface area (Å²) in [6.07, 6.45) is 0. The molecule has 0 bridgehead atoms. The van der Waals surface area contributed by atoms with Gasteiger partial charge in [0.05, 0.1) is 12.1 Å². The van der Waals surface area contributed by atoms with Crippen molar-refractivity contribution in [3.63, 3.8) is 0 Å². The van der Waals surface area contributed by atoms with Crippen LogP contribution in [0.3, 0.4) is 0 Å². The fraction of sp³-hybridized carbons (Fsp3) is 0.500. The molecule has 0 amide bonds. The van der Waals surface area contributed by atoms with Crippen LogP contribution < -0.4 is 0 Å². The van der Waals surface area contributed by atoms with Gasteiger partial charge in [0.1, 0.15) is 0 Å². The zero-order chi connectivity index (χ0) is 20.1. The summed E-state index contributed by atoms with van der Waals surface area (Å²) in [6.45, 7) is 15.8. The van der Waals surface area contributed by atoms with E-state index in [1.54, 1.807) is 27.7 Å². The van der Waals surface area contributed by atoms with Gasteiger partial charge in [0, 0.05) is 11.1 Å². The quantitative estimate of drug-likeness (QED) is 0.594. The second-order valence-corrected chi connectivity index (χ2v) is 5.71. The minimum absolute atomic E-state index is 0.176. The lowest BCUT2D eigenvalue weighted by molar-refractivity contribution is -0.133. The van der Waals surface area contributed by atoms with Crippen molar-refractivity contribution in [2.75, 3.05) is 0 Å². The number of nitrogens with zero attached hydrogens (tertiary/aromatic N) is 4. The maximum absolute atomic E-state index is 9.60. The van der Waals surface area contributed by atoms with Crippen molar-refractivity contribution < 1.29 is 19.8 Å². The molecule has 0 aliphatic heterocycles. The van der Waals surface area contributed by atoms with E-state index in [-0.39, 0.29) is 11.1 Å². The summed E-state index contributed by atoms with van der Waals surface area (Å²) < 4.78 is 0. The van der Waals surface area contributed by atoms with Crippen LogP contribution in [0, 0.1) is 22.7 Å². The number of nitriles is 2. The van der Waals surface area contributed by atoms with E-state index in [1.807, 2.05) is 12.1 Å². The van der Waals surface area contributed by atoms with E-state index in [0.29, 0.717) is 0 Å². The second kappa shape index (κ2) is 11.6. The van der Waals surface area contributed by atoms with Crippen LogP contribution in [0.1, 0.15) is 41.5 Å². The first-order chi connectivity index (χ1) is 10.6. The van der Waals surface area contributed by atoms with E-state index < -0.39 is 23.0 Å². The monoisotopic (exact) mass is 336 g/mol. The van der Waals surface area contributed by atoms with Gasteiger partial charge in [-0.15, -0.1) is 0 Å². The van der Waals surface area contributed by atoms with E-state index in [9.17, 15) is 9.59 Å². The molecule has 8 heteroatoms. The van der Waals surface area contributed by atoms with Crippen LogP contribution >= 0.6 is 0 Å². The maximum atomic E-state index is 9.60. The zero-order valence-electron chi connectivity index (χ0n) is 14.9. The highest BCUT2D eigenvalue weighted by Crippen LogP contribution is 2.13. The number of rotatable bonds is 4. The Bertz CT molecular complexity index is 514. The van der Waals surface area contributed by atoms with Gasteiger partial charge >= 0.3 is 11.9 Å². The van der Waals surface area contributed by atoms with E-state index >= 15 is 0 Å². The summed E-state index contributed by atoms with van der Waals surface area (Å²) in [4.78, 5) is 19.2. The zero-order valence-corrected chi connectivity index (χ0v) is 14.9. The number of carboxylic acid groups (broad SMARTS) is 2. The lowest BCUT2D eigenvalue weighted by Gasteiger charge is -2.11. The summed E-state index contributed by atoms with van der Waals surface area (Å²) >= 11 is 0. The Morgan fingerprint density at radius 1 is 0.833 bits per heavy atom. The van der Waals surface area contributed by atoms with E-state index in [4.69, 9.17) is 20.7 Å². The van der Waals surface area contributed by atoms with Crippen LogP contribution in [0.25, 0.3) is 0 Å². The summed E-state index contributed by atoms with van der Waals surface area (Å²) in [6, 6.07) is 3.94. The van der Waals surface area contributed by atoms with Crippen molar-refractivity contribution >= 4 is 11.9 Å². The Hall–Kier alpha value is -3.00. The molecule has 0 radical (unpaired) electrons.